The third-order valence-corrected chi connectivity index (χ3v) is 4.38. The van der Waals surface area contributed by atoms with Crippen molar-refractivity contribution in [2.75, 3.05) is 19.7 Å². The first-order valence-electron chi connectivity index (χ1n) is 8.31. The lowest BCUT2D eigenvalue weighted by molar-refractivity contribution is 0.00774. The van der Waals surface area contributed by atoms with Gasteiger partial charge in [0.2, 0.25) is 0 Å². The number of aliphatic hydroxyl groups excluding tert-OH is 1. The largest absolute Gasteiger partial charge is 0.389 e. The van der Waals surface area contributed by atoms with Crippen molar-refractivity contribution in [3.8, 4) is 0 Å². The molecule has 0 aromatic heterocycles. The van der Waals surface area contributed by atoms with Crippen LogP contribution in [0.25, 0.3) is 0 Å². The Morgan fingerprint density at radius 1 is 1.09 bits per heavy atom. The van der Waals surface area contributed by atoms with E-state index in [2.05, 4.69) is 60.4 Å². The SMILES string of the molecule is Cc1ccc(COC[C@H](O)CN2CCc3ccccc3C2)cc1. The number of aliphatic hydroxyl groups is 1. The van der Waals surface area contributed by atoms with Crippen molar-refractivity contribution in [1.82, 2.24) is 4.90 Å². The average Bonchev–Trinajstić information content (AvgIpc) is 2.56. The van der Waals surface area contributed by atoms with Gasteiger partial charge < -0.3 is 9.84 Å². The number of nitrogens with zero attached hydrogens (tertiary/aromatic N) is 1. The zero-order valence-electron chi connectivity index (χ0n) is 13.7. The number of rotatable bonds is 6. The number of hydrogen-bond acceptors (Lipinski definition) is 3. The van der Waals surface area contributed by atoms with Crippen LogP contribution in [0.4, 0.5) is 0 Å². The van der Waals surface area contributed by atoms with Crippen molar-refractivity contribution >= 4 is 0 Å². The monoisotopic (exact) mass is 311 g/mol. The van der Waals surface area contributed by atoms with Gasteiger partial charge in [-0.2, -0.15) is 0 Å². The zero-order valence-corrected chi connectivity index (χ0v) is 13.7. The molecule has 0 saturated heterocycles. The van der Waals surface area contributed by atoms with Gasteiger partial charge in [0.25, 0.3) is 0 Å². The van der Waals surface area contributed by atoms with E-state index in [1.807, 2.05) is 0 Å². The number of benzene rings is 2. The summed E-state index contributed by atoms with van der Waals surface area (Å²) in [5.41, 5.74) is 5.22. The molecule has 23 heavy (non-hydrogen) atoms. The normalized spacial score (nSPS) is 16.1. The van der Waals surface area contributed by atoms with Gasteiger partial charge >= 0.3 is 0 Å². The lowest BCUT2D eigenvalue weighted by Gasteiger charge is -2.30. The standard InChI is InChI=1S/C20H25NO2/c1-16-6-8-17(9-7-16)14-23-15-20(22)13-21-11-10-18-4-2-3-5-19(18)12-21/h2-9,20,22H,10-15H2,1H3/t20-/m1/s1. The Bertz CT molecular complexity index is 624. The number of fused-ring (bicyclic) bond motifs is 1. The minimum absolute atomic E-state index is 0.381. The molecule has 0 unspecified atom stereocenters. The maximum Gasteiger partial charge on any atom is 0.0900 e. The van der Waals surface area contributed by atoms with Gasteiger partial charge in [-0.25, -0.2) is 0 Å². The predicted octanol–water partition coefficient (Wildman–Crippen LogP) is 2.93. The summed E-state index contributed by atoms with van der Waals surface area (Å²) in [5.74, 6) is 0. The van der Waals surface area contributed by atoms with Crippen LogP contribution >= 0.6 is 0 Å². The lowest BCUT2D eigenvalue weighted by Crippen LogP contribution is -2.38. The molecule has 0 aliphatic carbocycles. The van der Waals surface area contributed by atoms with Crippen molar-refractivity contribution in [3.63, 3.8) is 0 Å². The molecule has 122 valence electrons. The van der Waals surface area contributed by atoms with Crippen molar-refractivity contribution < 1.29 is 9.84 Å². The molecule has 1 heterocycles. The summed E-state index contributed by atoms with van der Waals surface area (Å²) in [6, 6.07) is 16.9. The summed E-state index contributed by atoms with van der Waals surface area (Å²) in [6.07, 6.45) is 0.623. The van der Waals surface area contributed by atoms with Gasteiger partial charge in [-0.05, 0) is 30.0 Å². The van der Waals surface area contributed by atoms with Crippen molar-refractivity contribution in [2.45, 2.75) is 32.6 Å². The molecule has 0 fully saturated rings. The lowest BCUT2D eigenvalue weighted by atomic mass is 10.00. The highest BCUT2D eigenvalue weighted by atomic mass is 16.5. The second-order valence-corrected chi connectivity index (χ2v) is 6.41. The molecule has 2 aromatic carbocycles. The summed E-state index contributed by atoms with van der Waals surface area (Å²) < 4.78 is 5.66. The Balaban J connectivity index is 1.41. The van der Waals surface area contributed by atoms with Gasteiger partial charge in [-0.3, -0.25) is 4.90 Å². The molecule has 0 radical (unpaired) electrons. The highest BCUT2D eigenvalue weighted by Gasteiger charge is 2.18. The zero-order chi connectivity index (χ0) is 16.1. The summed E-state index contributed by atoms with van der Waals surface area (Å²) in [6.45, 7) is 5.61. The molecule has 0 spiro atoms. The fraction of sp³-hybridized carbons (Fsp3) is 0.400. The Kier molecular flexibility index (Phi) is 5.44. The molecule has 1 N–H and O–H groups in total. The van der Waals surface area contributed by atoms with E-state index in [1.165, 1.54) is 16.7 Å². The minimum Gasteiger partial charge on any atom is -0.389 e. The van der Waals surface area contributed by atoms with Crippen LogP contribution < -0.4 is 0 Å². The smallest absolute Gasteiger partial charge is 0.0900 e. The van der Waals surface area contributed by atoms with E-state index >= 15 is 0 Å². The van der Waals surface area contributed by atoms with Crippen LogP contribution in [0.2, 0.25) is 0 Å². The van der Waals surface area contributed by atoms with Gasteiger partial charge in [0, 0.05) is 19.6 Å². The topological polar surface area (TPSA) is 32.7 Å². The van der Waals surface area contributed by atoms with Gasteiger partial charge in [-0.15, -0.1) is 0 Å². The van der Waals surface area contributed by atoms with Crippen molar-refractivity contribution in [1.29, 1.82) is 0 Å². The second kappa shape index (κ2) is 7.73. The van der Waals surface area contributed by atoms with Crippen molar-refractivity contribution in [3.05, 3.63) is 70.8 Å². The van der Waals surface area contributed by atoms with E-state index in [1.54, 1.807) is 0 Å². The number of β-amino-alcohol motifs (C(OH)–C–C–N with tert-alkyl or cyclic N) is 1. The molecule has 0 bridgehead atoms. The van der Waals surface area contributed by atoms with Gasteiger partial charge in [0.05, 0.1) is 19.3 Å². The quantitative estimate of drug-likeness (QED) is 0.890. The summed E-state index contributed by atoms with van der Waals surface area (Å²) in [4.78, 5) is 2.31. The minimum atomic E-state index is -0.439. The summed E-state index contributed by atoms with van der Waals surface area (Å²) in [5, 5.41) is 10.2. The molecule has 0 amide bonds. The third kappa shape index (κ3) is 4.64. The van der Waals surface area contributed by atoms with E-state index in [9.17, 15) is 5.11 Å². The van der Waals surface area contributed by atoms with Crippen LogP contribution in [-0.2, 0) is 24.3 Å². The maximum absolute atomic E-state index is 10.2. The molecular formula is C20H25NO2. The molecular weight excluding hydrogens is 286 g/mol. The highest BCUT2D eigenvalue weighted by Crippen LogP contribution is 2.18. The molecule has 2 aromatic rings. The Morgan fingerprint density at radius 3 is 2.61 bits per heavy atom. The fourth-order valence-corrected chi connectivity index (χ4v) is 3.06. The van der Waals surface area contributed by atoms with Crippen LogP contribution in [0.15, 0.2) is 48.5 Å². The van der Waals surface area contributed by atoms with E-state index in [0.717, 1.165) is 25.1 Å². The Labute approximate surface area is 138 Å². The first kappa shape index (κ1) is 16.2. The van der Waals surface area contributed by atoms with E-state index in [4.69, 9.17) is 4.74 Å². The Hall–Kier alpha value is -1.68. The molecule has 0 saturated carbocycles. The maximum atomic E-state index is 10.2. The average molecular weight is 311 g/mol. The Morgan fingerprint density at radius 2 is 1.83 bits per heavy atom. The van der Waals surface area contributed by atoms with Crippen LogP contribution in [-0.4, -0.2) is 35.8 Å². The molecule has 3 rings (SSSR count). The molecule has 1 aliphatic heterocycles. The van der Waals surface area contributed by atoms with Crippen LogP contribution in [0, 0.1) is 6.92 Å². The second-order valence-electron chi connectivity index (χ2n) is 6.41. The van der Waals surface area contributed by atoms with Gasteiger partial charge in [0.15, 0.2) is 0 Å². The molecule has 3 heteroatoms. The molecule has 3 nitrogen and oxygen atoms in total. The van der Waals surface area contributed by atoms with Gasteiger partial charge in [0.1, 0.15) is 0 Å². The molecule has 1 aliphatic rings. The van der Waals surface area contributed by atoms with E-state index < -0.39 is 6.10 Å². The summed E-state index contributed by atoms with van der Waals surface area (Å²) in [7, 11) is 0. The van der Waals surface area contributed by atoms with Crippen LogP contribution in [0.5, 0.6) is 0 Å². The number of aryl methyl sites for hydroxylation is 1. The summed E-state index contributed by atoms with van der Waals surface area (Å²) >= 11 is 0. The van der Waals surface area contributed by atoms with Gasteiger partial charge in [-0.1, -0.05) is 54.1 Å². The first-order valence-corrected chi connectivity index (χ1v) is 8.31. The number of ether oxygens (including phenoxy) is 1. The van der Waals surface area contributed by atoms with E-state index in [0.29, 0.717) is 19.8 Å². The predicted molar refractivity (Wildman–Crippen MR) is 92.3 cm³/mol. The molecule has 1 atom stereocenters. The van der Waals surface area contributed by atoms with Crippen LogP contribution in [0.1, 0.15) is 22.3 Å². The first-order chi connectivity index (χ1) is 11.2. The fourth-order valence-electron chi connectivity index (χ4n) is 3.06. The van der Waals surface area contributed by atoms with E-state index in [-0.39, 0.29) is 0 Å². The highest BCUT2D eigenvalue weighted by molar-refractivity contribution is 5.29. The third-order valence-electron chi connectivity index (χ3n) is 4.38. The van der Waals surface area contributed by atoms with Crippen molar-refractivity contribution in [2.24, 2.45) is 0 Å². The number of hydrogen-bond donors (Lipinski definition) is 1. The van der Waals surface area contributed by atoms with Crippen LogP contribution in [0.3, 0.4) is 0 Å².